The van der Waals surface area contributed by atoms with Crippen molar-refractivity contribution in [1.29, 1.82) is 0 Å². The average molecular weight is 291 g/mol. The van der Waals surface area contributed by atoms with Gasteiger partial charge in [0.25, 0.3) is 0 Å². The standard InChI is InChI=1S/C15H12ClFN2O/c16-11-6-14-13(7-12(11)17)18-8-10(15(20)19-14)9-4-2-1-3-5-9/h1-7,10,18H,8H2,(H,19,20). The minimum Gasteiger partial charge on any atom is -0.382 e. The van der Waals surface area contributed by atoms with Crippen LogP contribution in [0.25, 0.3) is 0 Å². The molecule has 0 saturated heterocycles. The number of amides is 1. The summed E-state index contributed by atoms with van der Waals surface area (Å²) in [6.07, 6.45) is 0. The molecule has 20 heavy (non-hydrogen) atoms. The number of halogens is 2. The van der Waals surface area contributed by atoms with Gasteiger partial charge in [0.1, 0.15) is 5.82 Å². The monoisotopic (exact) mass is 290 g/mol. The van der Waals surface area contributed by atoms with Gasteiger partial charge in [0, 0.05) is 12.6 Å². The maximum Gasteiger partial charge on any atom is 0.233 e. The molecule has 0 saturated carbocycles. The molecule has 1 amide bonds. The third-order valence-corrected chi connectivity index (χ3v) is 3.62. The number of fused-ring (bicyclic) bond motifs is 1. The molecule has 0 aromatic heterocycles. The Hall–Kier alpha value is -2.07. The first-order valence-corrected chi connectivity index (χ1v) is 6.61. The summed E-state index contributed by atoms with van der Waals surface area (Å²) in [7, 11) is 0. The minimum atomic E-state index is -0.509. The van der Waals surface area contributed by atoms with Gasteiger partial charge in [-0.1, -0.05) is 41.9 Å². The summed E-state index contributed by atoms with van der Waals surface area (Å²) < 4.78 is 13.5. The zero-order valence-electron chi connectivity index (χ0n) is 10.5. The van der Waals surface area contributed by atoms with Crippen LogP contribution in [0.2, 0.25) is 5.02 Å². The number of hydrogen-bond donors (Lipinski definition) is 2. The van der Waals surface area contributed by atoms with E-state index in [4.69, 9.17) is 11.6 Å². The van der Waals surface area contributed by atoms with Gasteiger partial charge in [-0.05, 0) is 11.6 Å². The lowest BCUT2D eigenvalue weighted by atomic mass is 9.98. The second-order valence-electron chi connectivity index (χ2n) is 4.65. The fourth-order valence-electron chi connectivity index (χ4n) is 2.28. The van der Waals surface area contributed by atoms with E-state index in [2.05, 4.69) is 10.6 Å². The normalized spacial score (nSPS) is 17.7. The summed E-state index contributed by atoms with van der Waals surface area (Å²) in [5.74, 6) is -0.971. The highest BCUT2D eigenvalue weighted by atomic mass is 35.5. The lowest BCUT2D eigenvalue weighted by molar-refractivity contribution is -0.117. The molecule has 1 unspecified atom stereocenters. The molecule has 0 aliphatic carbocycles. The molecule has 1 aliphatic rings. The van der Waals surface area contributed by atoms with Crippen molar-refractivity contribution in [1.82, 2.24) is 0 Å². The average Bonchev–Trinajstić information content (AvgIpc) is 2.59. The van der Waals surface area contributed by atoms with Crippen molar-refractivity contribution in [2.24, 2.45) is 0 Å². The molecular formula is C15H12ClFN2O. The first-order valence-electron chi connectivity index (χ1n) is 6.24. The quantitative estimate of drug-likeness (QED) is 0.842. The van der Waals surface area contributed by atoms with Gasteiger partial charge in [0.05, 0.1) is 22.3 Å². The highest BCUT2D eigenvalue weighted by Crippen LogP contribution is 2.32. The summed E-state index contributed by atoms with van der Waals surface area (Å²) in [6.45, 7) is 0.407. The number of anilines is 2. The van der Waals surface area contributed by atoms with E-state index in [-0.39, 0.29) is 16.8 Å². The Morgan fingerprint density at radius 1 is 1.15 bits per heavy atom. The molecule has 1 atom stereocenters. The number of benzene rings is 2. The Morgan fingerprint density at radius 3 is 2.65 bits per heavy atom. The Labute approximate surface area is 120 Å². The van der Waals surface area contributed by atoms with Crippen molar-refractivity contribution in [3.8, 4) is 0 Å². The van der Waals surface area contributed by atoms with Crippen molar-refractivity contribution in [3.05, 3.63) is 58.9 Å². The van der Waals surface area contributed by atoms with Gasteiger partial charge in [0.2, 0.25) is 5.91 Å². The lowest BCUT2D eigenvalue weighted by Crippen LogP contribution is -2.23. The molecule has 2 aromatic carbocycles. The van der Waals surface area contributed by atoms with E-state index in [1.165, 1.54) is 12.1 Å². The fraction of sp³-hybridized carbons (Fsp3) is 0.133. The smallest absolute Gasteiger partial charge is 0.233 e. The molecule has 102 valence electrons. The summed E-state index contributed by atoms with van der Waals surface area (Å²) in [5.41, 5.74) is 1.95. The Kier molecular flexibility index (Phi) is 3.32. The topological polar surface area (TPSA) is 41.1 Å². The van der Waals surface area contributed by atoms with E-state index in [9.17, 15) is 9.18 Å². The summed E-state index contributed by atoms with van der Waals surface area (Å²) in [4.78, 5) is 12.3. The Balaban J connectivity index is 1.95. The van der Waals surface area contributed by atoms with Crippen LogP contribution in [-0.4, -0.2) is 12.5 Å². The van der Waals surface area contributed by atoms with Crippen LogP contribution < -0.4 is 10.6 Å². The van der Waals surface area contributed by atoms with E-state index in [0.717, 1.165) is 5.56 Å². The molecule has 5 heteroatoms. The van der Waals surface area contributed by atoms with Gasteiger partial charge < -0.3 is 10.6 Å². The third kappa shape index (κ3) is 2.34. The number of carbonyl (C=O) groups is 1. The fourth-order valence-corrected chi connectivity index (χ4v) is 2.44. The van der Waals surface area contributed by atoms with E-state index < -0.39 is 5.82 Å². The maximum atomic E-state index is 13.5. The summed E-state index contributed by atoms with van der Waals surface area (Å²) in [5, 5.41) is 5.87. The number of hydrogen-bond acceptors (Lipinski definition) is 2. The molecule has 0 fully saturated rings. The van der Waals surface area contributed by atoms with Gasteiger partial charge in [0.15, 0.2) is 0 Å². The molecule has 3 nitrogen and oxygen atoms in total. The maximum absolute atomic E-state index is 13.5. The second kappa shape index (κ2) is 5.13. The molecule has 0 bridgehead atoms. The van der Waals surface area contributed by atoms with Gasteiger partial charge in [-0.2, -0.15) is 0 Å². The van der Waals surface area contributed by atoms with Gasteiger partial charge in [-0.3, -0.25) is 4.79 Å². The predicted octanol–water partition coefficient (Wildman–Crippen LogP) is 3.63. The Bertz CT molecular complexity index is 660. The molecule has 1 aliphatic heterocycles. The molecular weight excluding hydrogens is 279 g/mol. The molecule has 2 aromatic rings. The molecule has 2 N–H and O–H groups in total. The number of rotatable bonds is 1. The first kappa shape index (κ1) is 12.9. The van der Waals surface area contributed by atoms with Gasteiger partial charge >= 0.3 is 0 Å². The van der Waals surface area contributed by atoms with Crippen molar-refractivity contribution < 1.29 is 9.18 Å². The number of carbonyl (C=O) groups excluding carboxylic acids is 1. The van der Waals surface area contributed by atoms with Crippen molar-refractivity contribution in [2.75, 3.05) is 17.2 Å². The highest BCUT2D eigenvalue weighted by Gasteiger charge is 2.25. The Morgan fingerprint density at radius 2 is 1.90 bits per heavy atom. The van der Waals surface area contributed by atoms with Crippen LogP contribution in [0.3, 0.4) is 0 Å². The second-order valence-corrected chi connectivity index (χ2v) is 5.05. The van der Waals surface area contributed by atoms with Crippen molar-refractivity contribution >= 4 is 28.9 Å². The van der Waals surface area contributed by atoms with Crippen LogP contribution in [0.4, 0.5) is 15.8 Å². The zero-order valence-corrected chi connectivity index (χ0v) is 11.2. The van der Waals surface area contributed by atoms with Crippen LogP contribution in [0.15, 0.2) is 42.5 Å². The highest BCUT2D eigenvalue weighted by molar-refractivity contribution is 6.31. The van der Waals surface area contributed by atoms with Gasteiger partial charge in [-0.15, -0.1) is 0 Å². The molecule has 0 spiro atoms. The van der Waals surface area contributed by atoms with E-state index >= 15 is 0 Å². The lowest BCUT2D eigenvalue weighted by Gasteiger charge is -2.13. The van der Waals surface area contributed by atoms with Crippen LogP contribution in [0, 0.1) is 5.82 Å². The van der Waals surface area contributed by atoms with Crippen LogP contribution in [0.5, 0.6) is 0 Å². The van der Waals surface area contributed by atoms with Crippen LogP contribution in [0.1, 0.15) is 11.5 Å². The first-order chi connectivity index (χ1) is 9.65. The van der Waals surface area contributed by atoms with E-state index in [0.29, 0.717) is 17.9 Å². The number of nitrogens with one attached hydrogen (secondary N) is 2. The molecule has 0 radical (unpaired) electrons. The molecule has 1 heterocycles. The summed E-state index contributed by atoms with van der Waals surface area (Å²) >= 11 is 5.75. The largest absolute Gasteiger partial charge is 0.382 e. The van der Waals surface area contributed by atoms with E-state index in [1.807, 2.05) is 30.3 Å². The van der Waals surface area contributed by atoms with Crippen LogP contribution in [-0.2, 0) is 4.79 Å². The van der Waals surface area contributed by atoms with Crippen LogP contribution >= 0.6 is 11.6 Å². The van der Waals surface area contributed by atoms with Crippen molar-refractivity contribution in [3.63, 3.8) is 0 Å². The SMILES string of the molecule is O=C1Nc2cc(Cl)c(F)cc2NCC1c1ccccc1. The van der Waals surface area contributed by atoms with E-state index in [1.54, 1.807) is 0 Å². The zero-order chi connectivity index (χ0) is 14.1. The summed E-state index contributed by atoms with van der Waals surface area (Å²) in [6, 6.07) is 12.2. The predicted molar refractivity (Wildman–Crippen MR) is 77.7 cm³/mol. The minimum absolute atomic E-state index is 0.0102. The third-order valence-electron chi connectivity index (χ3n) is 3.33. The van der Waals surface area contributed by atoms with Crippen molar-refractivity contribution in [2.45, 2.75) is 5.92 Å². The van der Waals surface area contributed by atoms with Gasteiger partial charge in [-0.25, -0.2) is 4.39 Å². The molecule has 3 rings (SSSR count).